The van der Waals surface area contributed by atoms with Crippen molar-refractivity contribution < 1.29 is 4.42 Å². The van der Waals surface area contributed by atoms with Gasteiger partial charge in [-0.1, -0.05) is 23.7 Å². The largest absolute Gasteiger partial charge is 0.443 e. The van der Waals surface area contributed by atoms with E-state index in [0.29, 0.717) is 33.0 Å². The Labute approximate surface area is 175 Å². The van der Waals surface area contributed by atoms with Crippen molar-refractivity contribution in [2.24, 2.45) is 0 Å². The molecule has 0 spiro atoms. The molecule has 0 amide bonds. The minimum atomic E-state index is -0.234. The van der Waals surface area contributed by atoms with E-state index in [-0.39, 0.29) is 5.56 Å². The van der Waals surface area contributed by atoms with Crippen LogP contribution in [-0.2, 0) is 0 Å². The van der Waals surface area contributed by atoms with Gasteiger partial charge in [0.15, 0.2) is 12.0 Å². The van der Waals surface area contributed by atoms with Crippen molar-refractivity contribution in [1.29, 1.82) is 5.26 Å². The normalized spacial score (nSPS) is 11.1. The molecule has 5 aromatic rings. The fourth-order valence-electron chi connectivity index (χ4n) is 3.60. The van der Waals surface area contributed by atoms with Gasteiger partial charge < -0.3 is 9.40 Å². The van der Waals surface area contributed by atoms with Gasteiger partial charge in [0.1, 0.15) is 11.2 Å². The van der Waals surface area contributed by atoms with E-state index in [1.807, 2.05) is 37.3 Å². The second kappa shape index (κ2) is 6.83. The number of fused-ring (bicyclic) bond motifs is 2. The molecule has 5 rings (SSSR count). The SMILES string of the molecule is Cc1c(C#N)cccc1-c1nc2[nH]c(=O)ccc2cc1-c1cc(Cl)c2ncoc2c1. The van der Waals surface area contributed by atoms with Crippen molar-refractivity contribution in [3.63, 3.8) is 0 Å². The summed E-state index contributed by atoms with van der Waals surface area (Å²) >= 11 is 6.44. The highest BCUT2D eigenvalue weighted by atomic mass is 35.5. The molecule has 0 aliphatic carbocycles. The molecule has 3 heterocycles. The highest BCUT2D eigenvalue weighted by molar-refractivity contribution is 6.35. The number of halogens is 1. The van der Waals surface area contributed by atoms with E-state index in [0.717, 1.165) is 27.6 Å². The minimum Gasteiger partial charge on any atom is -0.443 e. The Morgan fingerprint density at radius 1 is 1.13 bits per heavy atom. The second-order valence-electron chi connectivity index (χ2n) is 6.89. The highest BCUT2D eigenvalue weighted by Gasteiger charge is 2.17. The van der Waals surface area contributed by atoms with Gasteiger partial charge in [-0.25, -0.2) is 9.97 Å². The molecular formula is C23H13ClN4O2. The van der Waals surface area contributed by atoms with Gasteiger partial charge in [-0.05, 0) is 48.4 Å². The molecule has 2 aromatic carbocycles. The van der Waals surface area contributed by atoms with Crippen LogP contribution < -0.4 is 5.56 Å². The summed E-state index contributed by atoms with van der Waals surface area (Å²) in [5.41, 5.74) is 5.77. The Kier molecular flexibility index (Phi) is 4.12. The van der Waals surface area contributed by atoms with Crippen molar-refractivity contribution in [3.8, 4) is 28.5 Å². The quantitative estimate of drug-likeness (QED) is 0.428. The number of nitrogens with zero attached hydrogens (tertiary/aromatic N) is 3. The number of benzene rings is 2. The second-order valence-corrected chi connectivity index (χ2v) is 7.30. The molecule has 0 aliphatic rings. The Morgan fingerprint density at radius 3 is 2.83 bits per heavy atom. The van der Waals surface area contributed by atoms with Gasteiger partial charge in [-0.15, -0.1) is 0 Å². The highest BCUT2D eigenvalue weighted by Crippen LogP contribution is 2.38. The fourth-order valence-corrected chi connectivity index (χ4v) is 3.86. The monoisotopic (exact) mass is 412 g/mol. The van der Waals surface area contributed by atoms with E-state index in [9.17, 15) is 10.1 Å². The number of H-pyrrole nitrogens is 1. The Morgan fingerprint density at radius 2 is 2.00 bits per heavy atom. The zero-order chi connectivity index (χ0) is 20.8. The molecule has 0 fully saturated rings. The lowest BCUT2D eigenvalue weighted by atomic mass is 9.93. The number of oxazole rings is 1. The van der Waals surface area contributed by atoms with Crippen molar-refractivity contribution in [2.45, 2.75) is 6.92 Å². The number of pyridine rings is 2. The molecule has 0 radical (unpaired) electrons. The van der Waals surface area contributed by atoms with E-state index >= 15 is 0 Å². The summed E-state index contributed by atoms with van der Waals surface area (Å²) in [6, 6.07) is 16.5. The molecule has 0 saturated carbocycles. The van der Waals surface area contributed by atoms with Gasteiger partial charge in [0.25, 0.3) is 0 Å². The summed E-state index contributed by atoms with van der Waals surface area (Å²) in [7, 11) is 0. The maximum Gasteiger partial charge on any atom is 0.249 e. The zero-order valence-electron chi connectivity index (χ0n) is 15.7. The standard InChI is InChI=1S/C23H13ClN4O2/c1-12-14(10-25)3-2-4-16(12)21-17(7-13-5-6-20(29)27-23(13)28-21)15-8-18(24)22-19(9-15)30-11-26-22/h2-9,11H,1H3,(H,27,28,29). The van der Waals surface area contributed by atoms with Crippen LogP contribution >= 0.6 is 11.6 Å². The number of nitrogens with one attached hydrogen (secondary N) is 1. The average Bonchev–Trinajstić information content (AvgIpc) is 3.22. The smallest absolute Gasteiger partial charge is 0.249 e. The van der Waals surface area contributed by atoms with E-state index in [4.69, 9.17) is 21.0 Å². The lowest BCUT2D eigenvalue weighted by Crippen LogP contribution is -2.05. The predicted octanol–water partition coefficient (Wildman–Crippen LogP) is 5.23. The topological polar surface area (TPSA) is 95.6 Å². The molecule has 0 unspecified atom stereocenters. The predicted molar refractivity (Wildman–Crippen MR) is 115 cm³/mol. The summed E-state index contributed by atoms with van der Waals surface area (Å²) in [5.74, 6) is 0. The first-order valence-electron chi connectivity index (χ1n) is 9.12. The van der Waals surface area contributed by atoms with Gasteiger partial charge in [-0.3, -0.25) is 4.79 Å². The van der Waals surface area contributed by atoms with Crippen LogP contribution in [0, 0.1) is 18.3 Å². The van der Waals surface area contributed by atoms with E-state index in [1.54, 1.807) is 12.1 Å². The van der Waals surface area contributed by atoms with Crippen molar-refractivity contribution in [1.82, 2.24) is 15.0 Å². The number of aromatic amines is 1. The van der Waals surface area contributed by atoms with Crippen LogP contribution in [0.3, 0.4) is 0 Å². The molecule has 3 aromatic heterocycles. The van der Waals surface area contributed by atoms with Crippen molar-refractivity contribution in [2.75, 3.05) is 0 Å². The van der Waals surface area contributed by atoms with Crippen LogP contribution in [0.25, 0.3) is 44.5 Å². The van der Waals surface area contributed by atoms with Crippen LogP contribution in [0.5, 0.6) is 0 Å². The van der Waals surface area contributed by atoms with Gasteiger partial charge >= 0.3 is 0 Å². The third kappa shape index (κ3) is 2.84. The first-order valence-corrected chi connectivity index (χ1v) is 9.50. The van der Waals surface area contributed by atoms with E-state index < -0.39 is 0 Å². The fraction of sp³-hybridized carbons (Fsp3) is 0.0435. The molecule has 0 bridgehead atoms. The third-order valence-corrected chi connectivity index (χ3v) is 5.41. The minimum absolute atomic E-state index is 0.234. The van der Waals surface area contributed by atoms with E-state index in [2.05, 4.69) is 16.0 Å². The molecule has 7 heteroatoms. The third-order valence-electron chi connectivity index (χ3n) is 5.12. The molecule has 0 saturated heterocycles. The Balaban J connectivity index is 1.88. The average molecular weight is 413 g/mol. The molecule has 144 valence electrons. The van der Waals surface area contributed by atoms with Crippen LogP contribution in [0.15, 0.2) is 64.1 Å². The summed E-state index contributed by atoms with van der Waals surface area (Å²) in [6.07, 6.45) is 1.35. The lowest BCUT2D eigenvalue weighted by molar-refractivity contribution is 0.602. The number of aromatic nitrogens is 3. The van der Waals surface area contributed by atoms with Crippen LogP contribution in [-0.4, -0.2) is 15.0 Å². The van der Waals surface area contributed by atoms with Gasteiger partial charge in [-0.2, -0.15) is 5.26 Å². The van der Waals surface area contributed by atoms with Crippen LogP contribution in [0.2, 0.25) is 5.02 Å². The van der Waals surface area contributed by atoms with Gasteiger partial charge in [0.2, 0.25) is 5.56 Å². The number of hydrogen-bond acceptors (Lipinski definition) is 5. The first-order chi connectivity index (χ1) is 14.5. The maximum absolute atomic E-state index is 11.8. The Hall–Kier alpha value is -3.95. The van der Waals surface area contributed by atoms with Gasteiger partial charge in [0.05, 0.1) is 22.3 Å². The maximum atomic E-state index is 11.8. The molecule has 30 heavy (non-hydrogen) atoms. The summed E-state index contributed by atoms with van der Waals surface area (Å²) < 4.78 is 5.46. The molecule has 1 N–H and O–H groups in total. The summed E-state index contributed by atoms with van der Waals surface area (Å²) in [6.45, 7) is 1.88. The molecular weight excluding hydrogens is 400 g/mol. The zero-order valence-corrected chi connectivity index (χ0v) is 16.5. The molecule has 0 atom stereocenters. The van der Waals surface area contributed by atoms with Crippen LogP contribution in [0.1, 0.15) is 11.1 Å². The van der Waals surface area contributed by atoms with E-state index in [1.165, 1.54) is 12.5 Å². The number of hydrogen-bond donors (Lipinski definition) is 1. The lowest BCUT2D eigenvalue weighted by Gasteiger charge is -2.14. The Bertz CT molecular complexity index is 1560. The first kappa shape index (κ1) is 18.1. The summed E-state index contributed by atoms with van der Waals surface area (Å²) in [4.78, 5) is 23.5. The van der Waals surface area contributed by atoms with Gasteiger partial charge in [0, 0.05) is 22.6 Å². The van der Waals surface area contributed by atoms with Crippen molar-refractivity contribution >= 4 is 33.7 Å². The molecule has 0 aliphatic heterocycles. The summed E-state index contributed by atoms with van der Waals surface area (Å²) in [5, 5.41) is 10.7. The van der Waals surface area contributed by atoms with Crippen LogP contribution in [0.4, 0.5) is 0 Å². The number of rotatable bonds is 2. The van der Waals surface area contributed by atoms with Crippen molar-refractivity contribution in [3.05, 3.63) is 81.4 Å². The number of nitriles is 1. The molecule has 6 nitrogen and oxygen atoms in total.